The molecular weight excluding hydrogens is 422 g/mol. The van der Waals surface area contributed by atoms with Gasteiger partial charge in [-0.3, -0.25) is 9.59 Å². The molecule has 1 heterocycles. The molecule has 1 aliphatic heterocycles. The van der Waals surface area contributed by atoms with Crippen LogP contribution in [0.15, 0.2) is 88.8 Å². The number of nitrogens with one attached hydrogen (secondary N) is 2. The molecular formula is C25H21N3O3S. The van der Waals surface area contributed by atoms with E-state index in [-0.39, 0.29) is 18.4 Å². The average molecular weight is 444 g/mol. The van der Waals surface area contributed by atoms with E-state index >= 15 is 0 Å². The molecule has 0 atom stereocenters. The summed E-state index contributed by atoms with van der Waals surface area (Å²) in [6.45, 7) is 1.87. The number of carbonyl (C=O) groups is 2. The van der Waals surface area contributed by atoms with Crippen LogP contribution in [0.3, 0.4) is 0 Å². The summed E-state index contributed by atoms with van der Waals surface area (Å²) >= 11 is 1.29. The Bertz CT molecular complexity index is 1190. The summed E-state index contributed by atoms with van der Waals surface area (Å²) in [6, 6.07) is 24.2. The van der Waals surface area contributed by atoms with E-state index in [1.165, 1.54) is 11.8 Å². The molecule has 0 bridgehead atoms. The largest absolute Gasteiger partial charge is 0.484 e. The van der Waals surface area contributed by atoms with Gasteiger partial charge in [0.05, 0.1) is 10.6 Å². The van der Waals surface area contributed by atoms with Gasteiger partial charge in [-0.2, -0.15) is 0 Å². The lowest BCUT2D eigenvalue weighted by Crippen LogP contribution is -2.20. The van der Waals surface area contributed by atoms with Gasteiger partial charge in [0.2, 0.25) is 0 Å². The van der Waals surface area contributed by atoms with Crippen molar-refractivity contribution in [3.8, 4) is 5.75 Å². The normalized spacial score (nSPS) is 15.6. The van der Waals surface area contributed by atoms with Crippen LogP contribution in [0, 0.1) is 6.92 Å². The first kappa shape index (κ1) is 21.4. The van der Waals surface area contributed by atoms with Gasteiger partial charge in [-0.15, -0.1) is 0 Å². The van der Waals surface area contributed by atoms with E-state index in [0.29, 0.717) is 15.8 Å². The van der Waals surface area contributed by atoms with E-state index < -0.39 is 0 Å². The summed E-state index contributed by atoms with van der Waals surface area (Å²) in [5, 5.41) is 6.13. The van der Waals surface area contributed by atoms with Crippen LogP contribution in [-0.2, 0) is 9.59 Å². The van der Waals surface area contributed by atoms with Crippen LogP contribution in [0.25, 0.3) is 6.08 Å². The minimum Gasteiger partial charge on any atom is -0.484 e. The zero-order valence-corrected chi connectivity index (χ0v) is 18.2. The van der Waals surface area contributed by atoms with E-state index in [4.69, 9.17) is 4.74 Å². The smallest absolute Gasteiger partial charge is 0.264 e. The average Bonchev–Trinajstić information content (AvgIpc) is 3.12. The molecule has 0 saturated carbocycles. The first-order valence-corrected chi connectivity index (χ1v) is 10.8. The molecule has 4 rings (SSSR count). The van der Waals surface area contributed by atoms with Crippen LogP contribution in [0.5, 0.6) is 5.75 Å². The first-order valence-electron chi connectivity index (χ1n) is 9.99. The van der Waals surface area contributed by atoms with Crippen LogP contribution >= 0.6 is 11.8 Å². The highest BCUT2D eigenvalue weighted by Gasteiger charge is 2.23. The lowest BCUT2D eigenvalue weighted by Gasteiger charge is -2.08. The number of aryl methyl sites for hydroxylation is 1. The van der Waals surface area contributed by atoms with Gasteiger partial charge in [0, 0.05) is 5.69 Å². The zero-order chi connectivity index (χ0) is 22.3. The molecule has 160 valence electrons. The van der Waals surface area contributed by atoms with E-state index in [1.54, 1.807) is 18.2 Å². The van der Waals surface area contributed by atoms with Gasteiger partial charge in [-0.25, -0.2) is 4.99 Å². The third-order valence-electron chi connectivity index (χ3n) is 4.49. The van der Waals surface area contributed by atoms with Crippen LogP contribution in [0.2, 0.25) is 0 Å². The molecule has 0 aliphatic carbocycles. The quantitative estimate of drug-likeness (QED) is 0.531. The van der Waals surface area contributed by atoms with Gasteiger partial charge in [0.1, 0.15) is 5.75 Å². The van der Waals surface area contributed by atoms with Crippen LogP contribution < -0.4 is 15.4 Å². The molecule has 0 spiro atoms. The van der Waals surface area contributed by atoms with Gasteiger partial charge in [0.15, 0.2) is 11.8 Å². The van der Waals surface area contributed by atoms with Gasteiger partial charge < -0.3 is 15.4 Å². The highest BCUT2D eigenvalue weighted by molar-refractivity contribution is 8.18. The number of amides is 2. The lowest BCUT2D eigenvalue weighted by molar-refractivity contribution is -0.118. The minimum atomic E-state index is -0.231. The number of nitrogens with zero attached hydrogens (tertiary/aromatic N) is 1. The number of rotatable bonds is 6. The van der Waals surface area contributed by atoms with Crippen molar-refractivity contribution in [2.75, 3.05) is 11.9 Å². The molecule has 0 radical (unpaired) electrons. The fourth-order valence-corrected chi connectivity index (χ4v) is 3.82. The Morgan fingerprint density at radius 1 is 1.06 bits per heavy atom. The van der Waals surface area contributed by atoms with Crippen LogP contribution in [0.1, 0.15) is 11.1 Å². The van der Waals surface area contributed by atoms with Crippen LogP contribution in [0.4, 0.5) is 11.4 Å². The van der Waals surface area contributed by atoms with Gasteiger partial charge in [0.25, 0.3) is 11.8 Å². The number of ether oxygens (including phenoxy) is 1. The third kappa shape index (κ3) is 5.86. The third-order valence-corrected chi connectivity index (χ3v) is 5.40. The Labute approximate surface area is 190 Å². The Morgan fingerprint density at radius 2 is 1.84 bits per heavy atom. The highest BCUT2D eigenvalue weighted by Crippen LogP contribution is 2.28. The minimum absolute atomic E-state index is 0.0913. The summed E-state index contributed by atoms with van der Waals surface area (Å²) in [6.07, 6.45) is 1.79. The van der Waals surface area contributed by atoms with Crippen molar-refractivity contribution in [3.05, 3.63) is 94.9 Å². The van der Waals surface area contributed by atoms with Gasteiger partial charge in [-0.1, -0.05) is 42.5 Å². The van der Waals surface area contributed by atoms with Crippen molar-refractivity contribution in [1.29, 1.82) is 0 Å². The summed E-state index contributed by atoms with van der Waals surface area (Å²) in [7, 11) is 0. The van der Waals surface area contributed by atoms with Crippen molar-refractivity contribution in [2.45, 2.75) is 6.92 Å². The zero-order valence-electron chi connectivity index (χ0n) is 17.4. The summed E-state index contributed by atoms with van der Waals surface area (Å²) in [4.78, 5) is 29.3. The number of hydrogen-bond donors (Lipinski definition) is 2. The molecule has 6 nitrogen and oxygen atoms in total. The summed E-state index contributed by atoms with van der Waals surface area (Å²) in [5.41, 5.74) is 3.44. The lowest BCUT2D eigenvalue weighted by atomic mass is 10.2. The van der Waals surface area contributed by atoms with Crippen molar-refractivity contribution in [2.24, 2.45) is 4.99 Å². The Kier molecular flexibility index (Phi) is 6.67. The van der Waals surface area contributed by atoms with Crippen molar-refractivity contribution >= 4 is 46.2 Å². The second kappa shape index (κ2) is 9.98. The van der Waals surface area contributed by atoms with Crippen molar-refractivity contribution in [3.63, 3.8) is 0 Å². The molecule has 1 fully saturated rings. The van der Waals surface area contributed by atoms with E-state index in [2.05, 4.69) is 15.6 Å². The van der Waals surface area contributed by atoms with E-state index in [0.717, 1.165) is 22.5 Å². The van der Waals surface area contributed by atoms with Gasteiger partial charge >= 0.3 is 0 Å². The maximum absolute atomic E-state index is 12.2. The monoisotopic (exact) mass is 443 g/mol. The van der Waals surface area contributed by atoms with Crippen molar-refractivity contribution < 1.29 is 14.3 Å². The molecule has 1 saturated heterocycles. The first-order chi connectivity index (χ1) is 15.5. The summed E-state index contributed by atoms with van der Waals surface area (Å²) < 4.78 is 5.56. The highest BCUT2D eigenvalue weighted by atomic mass is 32.2. The second-order valence-electron chi connectivity index (χ2n) is 7.09. The summed E-state index contributed by atoms with van der Waals surface area (Å²) in [5.74, 6) is 0.158. The molecule has 0 aromatic heterocycles. The Morgan fingerprint density at radius 3 is 2.59 bits per heavy atom. The van der Waals surface area contributed by atoms with E-state index in [9.17, 15) is 9.59 Å². The molecule has 0 unspecified atom stereocenters. The number of aliphatic imine (C=N–C) groups is 1. The fraction of sp³-hybridized carbons (Fsp3) is 0.0800. The number of benzene rings is 3. The SMILES string of the molecule is Cc1cccc(NC(=O)COc2ccc(/C=C3\SC(=Nc4ccccc4)NC3=O)cc2)c1. The number of carbonyl (C=O) groups excluding carboxylic acids is 2. The molecule has 7 heteroatoms. The van der Waals surface area contributed by atoms with E-state index in [1.807, 2.05) is 73.7 Å². The molecule has 2 amide bonds. The van der Waals surface area contributed by atoms with Gasteiger partial charge in [-0.05, 0) is 72.3 Å². The Balaban J connectivity index is 1.33. The fourth-order valence-electron chi connectivity index (χ4n) is 2.98. The topological polar surface area (TPSA) is 79.8 Å². The molecule has 3 aromatic carbocycles. The number of amidine groups is 1. The maximum Gasteiger partial charge on any atom is 0.264 e. The number of para-hydroxylation sites is 1. The maximum atomic E-state index is 12.2. The standard InChI is InChI=1S/C25H21N3O3S/c1-17-6-5-9-20(14-17)26-23(29)16-31-21-12-10-18(11-13-21)15-22-24(30)28-25(32-22)27-19-7-3-2-4-8-19/h2-15H,16H2,1H3,(H,26,29)(H,27,28,30)/b22-15-. The second-order valence-corrected chi connectivity index (χ2v) is 8.12. The molecule has 3 aromatic rings. The predicted molar refractivity (Wildman–Crippen MR) is 129 cm³/mol. The molecule has 32 heavy (non-hydrogen) atoms. The number of hydrogen-bond acceptors (Lipinski definition) is 5. The number of anilines is 1. The Hall–Kier alpha value is -3.84. The molecule has 1 aliphatic rings. The van der Waals surface area contributed by atoms with Crippen LogP contribution in [-0.4, -0.2) is 23.6 Å². The predicted octanol–water partition coefficient (Wildman–Crippen LogP) is 4.90. The van der Waals surface area contributed by atoms with Crippen molar-refractivity contribution in [1.82, 2.24) is 5.32 Å². The number of thioether (sulfide) groups is 1. The molecule has 2 N–H and O–H groups in total.